The summed E-state index contributed by atoms with van der Waals surface area (Å²) in [5, 5.41) is 10.1. The highest BCUT2D eigenvalue weighted by Crippen LogP contribution is 2.44. The van der Waals surface area contributed by atoms with Gasteiger partial charge in [0.05, 0.1) is 24.7 Å². The lowest BCUT2D eigenvalue weighted by Gasteiger charge is -2.41. The molecule has 0 radical (unpaired) electrons. The Labute approximate surface area is 234 Å². The third kappa shape index (κ3) is 5.37. The van der Waals surface area contributed by atoms with Gasteiger partial charge in [0.25, 0.3) is 0 Å². The Balaban J connectivity index is 1.32. The maximum absolute atomic E-state index is 14.2. The molecular weight excluding hydrogens is 516 g/mol. The SMILES string of the molecule is CN1CC2=C(CC1=O)C1(CCN(Cc3ccc(C(c4ccc(F)c(F)c4)N(C(=O)O)C(C)(C)C)cc3)CC1)OC2. The molecule has 2 aromatic carbocycles. The van der Waals surface area contributed by atoms with Crippen molar-refractivity contribution >= 4 is 12.0 Å². The predicted molar refractivity (Wildman–Crippen MR) is 147 cm³/mol. The van der Waals surface area contributed by atoms with Gasteiger partial charge in [-0.1, -0.05) is 30.3 Å². The number of piperidine rings is 1. The van der Waals surface area contributed by atoms with Crippen LogP contribution in [0.2, 0.25) is 0 Å². The summed E-state index contributed by atoms with van der Waals surface area (Å²) in [6.45, 7) is 9.01. The monoisotopic (exact) mass is 553 g/mol. The first-order chi connectivity index (χ1) is 18.9. The van der Waals surface area contributed by atoms with Crippen molar-refractivity contribution in [1.82, 2.24) is 14.7 Å². The number of benzene rings is 2. The van der Waals surface area contributed by atoms with Gasteiger partial charge in [-0.3, -0.25) is 14.6 Å². The van der Waals surface area contributed by atoms with Crippen molar-refractivity contribution in [2.24, 2.45) is 0 Å². The standard InChI is InChI=1S/C31H37F2N3O4/c1-30(2,3)36(29(38)39)28(22-9-10-25(32)26(33)15-22)21-7-5-20(6-8-21)17-35-13-11-31(12-14-35)24-16-27(37)34(4)18-23(24)19-40-31/h5-10,15,28H,11-14,16-19H2,1-4H3,(H,38,39). The van der Waals surface area contributed by atoms with Gasteiger partial charge in [-0.2, -0.15) is 0 Å². The number of rotatable bonds is 5. The molecule has 0 aromatic heterocycles. The summed E-state index contributed by atoms with van der Waals surface area (Å²) < 4.78 is 34.2. The van der Waals surface area contributed by atoms with Gasteiger partial charge >= 0.3 is 6.09 Å². The average molecular weight is 554 g/mol. The Hall–Kier alpha value is -3.30. The molecule has 1 saturated heterocycles. The lowest BCUT2D eigenvalue weighted by molar-refractivity contribution is -0.129. The van der Waals surface area contributed by atoms with Crippen LogP contribution in [0.3, 0.4) is 0 Å². The minimum atomic E-state index is -1.15. The van der Waals surface area contributed by atoms with Gasteiger partial charge in [0.1, 0.15) is 0 Å². The fraction of sp³-hybridized carbons (Fsp3) is 0.484. The van der Waals surface area contributed by atoms with Gasteiger partial charge in [0.2, 0.25) is 5.91 Å². The highest BCUT2D eigenvalue weighted by molar-refractivity contribution is 5.81. The molecule has 2 aromatic rings. The van der Waals surface area contributed by atoms with Crippen LogP contribution in [-0.4, -0.2) is 76.2 Å². The summed E-state index contributed by atoms with van der Waals surface area (Å²) in [7, 11) is 1.84. The van der Waals surface area contributed by atoms with E-state index in [0.717, 1.165) is 50.2 Å². The highest BCUT2D eigenvalue weighted by atomic mass is 19.2. The second kappa shape index (κ2) is 10.6. The van der Waals surface area contributed by atoms with E-state index in [9.17, 15) is 23.5 Å². The molecule has 9 heteroatoms. The van der Waals surface area contributed by atoms with E-state index >= 15 is 0 Å². The summed E-state index contributed by atoms with van der Waals surface area (Å²) >= 11 is 0. The second-order valence-corrected chi connectivity index (χ2v) is 12.2. The third-order valence-electron chi connectivity index (χ3n) is 8.49. The summed E-state index contributed by atoms with van der Waals surface area (Å²) in [6, 6.07) is 10.4. The number of hydrogen-bond acceptors (Lipinski definition) is 4. The van der Waals surface area contributed by atoms with E-state index in [4.69, 9.17) is 4.74 Å². The van der Waals surface area contributed by atoms with E-state index in [-0.39, 0.29) is 11.5 Å². The highest BCUT2D eigenvalue weighted by Gasteiger charge is 2.46. The molecule has 7 nitrogen and oxygen atoms in total. The van der Waals surface area contributed by atoms with Crippen LogP contribution >= 0.6 is 0 Å². The molecule has 1 N–H and O–H groups in total. The van der Waals surface area contributed by atoms with Crippen molar-refractivity contribution in [1.29, 1.82) is 0 Å². The number of ether oxygens (including phenoxy) is 1. The summed E-state index contributed by atoms with van der Waals surface area (Å²) in [5.41, 5.74) is 3.45. The third-order valence-corrected chi connectivity index (χ3v) is 8.49. The molecule has 214 valence electrons. The molecule has 40 heavy (non-hydrogen) atoms. The molecule has 2 amide bonds. The van der Waals surface area contributed by atoms with Gasteiger partial charge in [-0.15, -0.1) is 0 Å². The van der Waals surface area contributed by atoms with Crippen molar-refractivity contribution in [3.05, 3.63) is 81.9 Å². The molecular formula is C31H37F2N3O4. The number of likely N-dealkylation sites (tertiary alicyclic amines) is 1. The van der Waals surface area contributed by atoms with Gasteiger partial charge in [-0.25, -0.2) is 13.6 Å². The molecule has 1 fully saturated rings. The molecule has 0 saturated carbocycles. The Kier molecular flexibility index (Phi) is 7.48. The van der Waals surface area contributed by atoms with Crippen molar-refractivity contribution in [2.45, 2.75) is 63.8 Å². The Bertz CT molecular complexity index is 1330. The Morgan fingerprint density at radius 1 is 1.07 bits per heavy atom. The van der Waals surface area contributed by atoms with Crippen molar-refractivity contribution in [2.75, 3.05) is 33.3 Å². The molecule has 0 bridgehead atoms. The second-order valence-electron chi connectivity index (χ2n) is 12.2. The number of hydrogen-bond donors (Lipinski definition) is 1. The van der Waals surface area contributed by atoms with Crippen molar-refractivity contribution in [3.63, 3.8) is 0 Å². The lowest BCUT2D eigenvalue weighted by Crippen LogP contribution is -2.47. The Morgan fingerprint density at radius 3 is 2.33 bits per heavy atom. The number of fused-ring (bicyclic) bond motifs is 1. The summed E-state index contributed by atoms with van der Waals surface area (Å²) in [4.78, 5) is 30.1. The zero-order valence-electron chi connectivity index (χ0n) is 23.5. The maximum atomic E-state index is 14.2. The first-order valence-corrected chi connectivity index (χ1v) is 13.8. The molecule has 3 aliphatic heterocycles. The number of likely N-dealkylation sites (N-methyl/N-ethyl adjacent to an activating group) is 1. The minimum Gasteiger partial charge on any atom is -0.465 e. The topological polar surface area (TPSA) is 73.3 Å². The quantitative estimate of drug-likeness (QED) is 0.505. The summed E-state index contributed by atoms with van der Waals surface area (Å²) in [5.74, 6) is -1.84. The summed E-state index contributed by atoms with van der Waals surface area (Å²) in [6.07, 6.45) is 0.998. The van der Waals surface area contributed by atoms with Crippen molar-refractivity contribution < 1.29 is 28.2 Å². The number of carbonyl (C=O) groups is 2. The van der Waals surface area contributed by atoms with Crippen LogP contribution in [0.4, 0.5) is 13.6 Å². The van der Waals surface area contributed by atoms with Crippen LogP contribution in [0.25, 0.3) is 0 Å². The van der Waals surface area contributed by atoms with Gasteiger partial charge in [-0.05, 0) is 73.6 Å². The van der Waals surface area contributed by atoms with E-state index in [2.05, 4.69) is 4.90 Å². The molecule has 0 aliphatic carbocycles. The van der Waals surface area contributed by atoms with Gasteiger partial charge in [0.15, 0.2) is 11.6 Å². The van der Waals surface area contributed by atoms with E-state index in [0.29, 0.717) is 30.7 Å². The first kappa shape index (κ1) is 28.2. The van der Waals surface area contributed by atoms with E-state index in [1.54, 1.807) is 25.7 Å². The number of carboxylic acid groups (broad SMARTS) is 1. The lowest BCUT2D eigenvalue weighted by atomic mass is 9.80. The van der Waals surface area contributed by atoms with E-state index < -0.39 is 29.3 Å². The van der Waals surface area contributed by atoms with Crippen LogP contribution in [0, 0.1) is 11.6 Å². The molecule has 1 spiro atoms. The zero-order chi connectivity index (χ0) is 28.8. The van der Waals surface area contributed by atoms with Crippen LogP contribution in [-0.2, 0) is 16.1 Å². The van der Waals surface area contributed by atoms with Crippen LogP contribution in [0.15, 0.2) is 53.6 Å². The van der Waals surface area contributed by atoms with Crippen molar-refractivity contribution in [3.8, 4) is 0 Å². The van der Waals surface area contributed by atoms with E-state index in [1.165, 1.54) is 22.1 Å². The number of amides is 2. The van der Waals surface area contributed by atoms with Crippen LogP contribution < -0.4 is 0 Å². The molecule has 1 atom stereocenters. The van der Waals surface area contributed by atoms with Gasteiger partial charge < -0.3 is 14.7 Å². The Morgan fingerprint density at radius 2 is 1.73 bits per heavy atom. The average Bonchev–Trinajstić information content (AvgIpc) is 3.22. The fourth-order valence-electron chi connectivity index (χ4n) is 6.35. The largest absolute Gasteiger partial charge is 0.465 e. The normalized spacial score (nSPS) is 20.1. The number of carbonyl (C=O) groups excluding carboxylic acids is 1. The molecule has 1 unspecified atom stereocenters. The van der Waals surface area contributed by atoms with Crippen LogP contribution in [0.5, 0.6) is 0 Å². The van der Waals surface area contributed by atoms with Gasteiger partial charge in [0, 0.05) is 38.8 Å². The fourth-order valence-corrected chi connectivity index (χ4v) is 6.35. The molecule has 3 heterocycles. The first-order valence-electron chi connectivity index (χ1n) is 13.8. The molecule has 3 aliphatic rings. The predicted octanol–water partition coefficient (Wildman–Crippen LogP) is 5.36. The zero-order valence-corrected chi connectivity index (χ0v) is 23.5. The smallest absolute Gasteiger partial charge is 0.408 e. The van der Waals surface area contributed by atoms with E-state index in [1.807, 2.05) is 31.3 Å². The van der Waals surface area contributed by atoms with Crippen LogP contribution in [0.1, 0.15) is 62.8 Å². The minimum absolute atomic E-state index is 0.153. The maximum Gasteiger partial charge on any atom is 0.408 e. The number of halogens is 2. The molecule has 5 rings (SSSR count). The number of nitrogens with zero attached hydrogens (tertiary/aromatic N) is 3.